The summed E-state index contributed by atoms with van der Waals surface area (Å²) in [6.45, 7) is 2.79. The predicted molar refractivity (Wildman–Crippen MR) is 166 cm³/mol. The smallest absolute Gasteiger partial charge is 0.354 e. The molecule has 2 amide bonds. The second-order valence-electron chi connectivity index (χ2n) is 9.81. The zero-order valence-corrected chi connectivity index (χ0v) is 27.0. The molecule has 14 heteroatoms. The third kappa shape index (κ3) is 8.80. The van der Waals surface area contributed by atoms with Crippen molar-refractivity contribution in [1.82, 2.24) is 10.2 Å². The first-order chi connectivity index (χ1) is 20.7. The van der Waals surface area contributed by atoms with Crippen molar-refractivity contribution < 1.29 is 31.2 Å². The summed E-state index contributed by atoms with van der Waals surface area (Å²) in [6.07, 6.45) is -3.18. The molecule has 0 spiro atoms. The number of sulfonamides is 1. The summed E-state index contributed by atoms with van der Waals surface area (Å²) in [5.41, 5.74) is -1.30. The highest BCUT2D eigenvalue weighted by Gasteiger charge is 2.37. The number of hydrogen-bond donors (Lipinski definition) is 1. The van der Waals surface area contributed by atoms with E-state index in [9.17, 15) is 31.2 Å². The van der Waals surface area contributed by atoms with Gasteiger partial charge in [0, 0.05) is 23.1 Å². The van der Waals surface area contributed by atoms with Crippen LogP contribution < -0.4 is 9.62 Å². The molecule has 0 bridgehead atoms. The number of nitrogens with one attached hydrogen (secondary N) is 1. The molecule has 0 unspecified atom stereocenters. The van der Waals surface area contributed by atoms with Gasteiger partial charge in [-0.2, -0.15) is 13.2 Å². The highest BCUT2D eigenvalue weighted by atomic mass is 35.5. The van der Waals surface area contributed by atoms with Crippen LogP contribution >= 0.6 is 34.8 Å². The Balaban J connectivity index is 2.15. The highest BCUT2D eigenvalue weighted by Crippen LogP contribution is 2.37. The Morgan fingerprint density at radius 3 is 2.20 bits per heavy atom. The van der Waals surface area contributed by atoms with Crippen LogP contribution in [0.25, 0.3) is 0 Å². The molecule has 3 aromatic rings. The molecule has 0 fully saturated rings. The molecule has 0 saturated heterocycles. The quantitative estimate of drug-likeness (QED) is 0.187. The van der Waals surface area contributed by atoms with Gasteiger partial charge in [-0.25, -0.2) is 8.42 Å². The lowest BCUT2D eigenvalue weighted by molar-refractivity contribution is -0.140. The molecular formula is C30H31Cl3F3N3O4S. The summed E-state index contributed by atoms with van der Waals surface area (Å²) >= 11 is 18.7. The maximum atomic E-state index is 14.1. The minimum absolute atomic E-state index is 0.144. The summed E-state index contributed by atoms with van der Waals surface area (Å²) in [5.74, 6) is -1.35. The third-order valence-corrected chi connectivity index (χ3v) is 9.40. The van der Waals surface area contributed by atoms with E-state index in [1.165, 1.54) is 30.3 Å². The second kappa shape index (κ2) is 15.3. The topological polar surface area (TPSA) is 86.8 Å². The van der Waals surface area contributed by atoms with E-state index in [4.69, 9.17) is 34.8 Å². The number of hydrogen-bond acceptors (Lipinski definition) is 4. The van der Waals surface area contributed by atoms with E-state index in [0.29, 0.717) is 40.0 Å². The fourth-order valence-corrected chi connectivity index (χ4v) is 6.56. The van der Waals surface area contributed by atoms with Crippen molar-refractivity contribution in [1.29, 1.82) is 0 Å². The van der Waals surface area contributed by atoms with Gasteiger partial charge in [-0.15, -0.1) is 0 Å². The molecule has 3 rings (SSSR count). The van der Waals surface area contributed by atoms with Gasteiger partial charge in [0.1, 0.15) is 12.6 Å². The van der Waals surface area contributed by atoms with Crippen LogP contribution in [-0.2, 0) is 32.3 Å². The predicted octanol–water partition coefficient (Wildman–Crippen LogP) is 7.58. The van der Waals surface area contributed by atoms with Crippen molar-refractivity contribution in [2.24, 2.45) is 0 Å². The number of carbonyl (C=O) groups is 2. The summed E-state index contributed by atoms with van der Waals surface area (Å²) in [7, 11) is -4.63. The van der Waals surface area contributed by atoms with Crippen molar-refractivity contribution in [3.8, 4) is 0 Å². The molecule has 1 atom stereocenters. The van der Waals surface area contributed by atoms with Gasteiger partial charge in [0.05, 0.1) is 21.2 Å². The van der Waals surface area contributed by atoms with Crippen molar-refractivity contribution in [2.45, 2.75) is 56.8 Å². The van der Waals surface area contributed by atoms with Crippen molar-refractivity contribution in [2.75, 3.05) is 17.4 Å². The lowest BCUT2D eigenvalue weighted by Gasteiger charge is -2.33. The largest absolute Gasteiger partial charge is 0.416 e. The normalized spacial score (nSPS) is 12.5. The monoisotopic (exact) mass is 691 g/mol. The Hall–Kier alpha value is -2.99. The summed E-state index contributed by atoms with van der Waals surface area (Å²) < 4.78 is 69.4. The van der Waals surface area contributed by atoms with Gasteiger partial charge in [-0.1, -0.05) is 79.3 Å². The molecule has 0 aromatic heterocycles. The maximum absolute atomic E-state index is 14.1. The summed E-state index contributed by atoms with van der Waals surface area (Å²) in [5, 5.41) is 2.99. The number of alkyl halides is 3. The Morgan fingerprint density at radius 2 is 1.61 bits per heavy atom. The van der Waals surface area contributed by atoms with Crippen LogP contribution in [0, 0.1) is 0 Å². The molecule has 3 aromatic carbocycles. The molecule has 0 aliphatic rings. The number of rotatable bonds is 13. The van der Waals surface area contributed by atoms with E-state index in [1.807, 2.05) is 6.92 Å². The molecule has 44 heavy (non-hydrogen) atoms. The van der Waals surface area contributed by atoms with E-state index in [2.05, 4.69) is 5.32 Å². The van der Waals surface area contributed by atoms with Crippen LogP contribution in [0.2, 0.25) is 15.1 Å². The summed E-state index contributed by atoms with van der Waals surface area (Å²) in [6, 6.07) is 12.6. The van der Waals surface area contributed by atoms with Crippen LogP contribution in [0.5, 0.6) is 0 Å². The fourth-order valence-electron chi connectivity index (χ4n) is 4.37. The SMILES string of the molecule is CCCCNC(=O)[C@@H](CC)N(Cc1ccc(Cl)cc1Cl)C(=O)CN(c1cc(C(F)(F)F)ccc1Cl)S(=O)(=O)c1ccccc1. The van der Waals surface area contributed by atoms with Crippen LogP contribution in [0.3, 0.4) is 0 Å². The van der Waals surface area contributed by atoms with Gasteiger partial charge in [-0.05, 0) is 60.9 Å². The van der Waals surface area contributed by atoms with E-state index < -0.39 is 51.9 Å². The molecule has 0 aliphatic carbocycles. The molecule has 1 N–H and O–H groups in total. The van der Waals surface area contributed by atoms with Gasteiger partial charge >= 0.3 is 6.18 Å². The van der Waals surface area contributed by atoms with Crippen LogP contribution in [-0.4, -0.2) is 44.3 Å². The summed E-state index contributed by atoms with van der Waals surface area (Å²) in [4.78, 5) is 28.3. The van der Waals surface area contributed by atoms with E-state index >= 15 is 0 Å². The number of amides is 2. The second-order valence-corrected chi connectivity index (χ2v) is 12.9. The number of nitrogens with zero attached hydrogens (tertiary/aromatic N) is 2. The highest BCUT2D eigenvalue weighted by molar-refractivity contribution is 7.92. The van der Waals surface area contributed by atoms with Crippen LogP contribution in [0.15, 0.2) is 71.6 Å². The third-order valence-electron chi connectivity index (χ3n) is 6.72. The fraction of sp³-hybridized carbons (Fsp3) is 0.333. The number of unbranched alkanes of at least 4 members (excludes halogenated alkanes) is 1. The number of anilines is 1. The van der Waals surface area contributed by atoms with Gasteiger partial charge in [0.15, 0.2) is 0 Å². The first-order valence-corrected chi connectivity index (χ1v) is 16.2. The molecule has 0 heterocycles. The molecule has 7 nitrogen and oxygen atoms in total. The average Bonchev–Trinajstić information content (AvgIpc) is 2.97. The minimum Gasteiger partial charge on any atom is -0.354 e. The Morgan fingerprint density at radius 1 is 0.932 bits per heavy atom. The average molecular weight is 693 g/mol. The Kier molecular flexibility index (Phi) is 12.4. The number of carbonyl (C=O) groups excluding carboxylic acids is 2. The molecule has 238 valence electrons. The molecule has 0 radical (unpaired) electrons. The molecule has 0 aliphatic heterocycles. The van der Waals surface area contributed by atoms with E-state index in [-0.39, 0.29) is 27.9 Å². The van der Waals surface area contributed by atoms with Gasteiger partial charge < -0.3 is 10.2 Å². The standard InChI is InChI=1S/C30H31Cl3F3N3O4S/c1-3-5-15-37-29(41)26(4-2)38(18-20-11-13-22(31)17-25(20)33)28(40)19-39(44(42,43)23-9-7-6-8-10-23)27-16-21(30(34,35)36)12-14-24(27)32/h6-14,16-17,26H,3-5,15,18-19H2,1-2H3,(H,37,41)/t26-/m1/s1. The lowest BCUT2D eigenvalue weighted by Crippen LogP contribution is -2.52. The van der Waals surface area contributed by atoms with Crippen molar-refractivity contribution >= 4 is 62.3 Å². The lowest BCUT2D eigenvalue weighted by atomic mass is 10.1. The Labute approximate surface area is 269 Å². The van der Waals surface area contributed by atoms with Crippen LogP contribution in [0.4, 0.5) is 18.9 Å². The van der Waals surface area contributed by atoms with E-state index in [0.717, 1.165) is 17.4 Å². The maximum Gasteiger partial charge on any atom is 0.416 e. The van der Waals surface area contributed by atoms with Crippen LogP contribution in [0.1, 0.15) is 44.2 Å². The zero-order valence-electron chi connectivity index (χ0n) is 23.9. The molecular weight excluding hydrogens is 662 g/mol. The first-order valence-electron chi connectivity index (χ1n) is 13.7. The van der Waals surface area contributed by atoms with Crippen molar-refractivity contribution in [3.63, 3.8) is 0 Å². The van der Waals surface area contributed by atoms with Crippen molar-refractivity contribution in [3.05, 3.63) is 92.9 Å². The van der Waals surface area contributed by atoms with Gasteiger partial charge in [0.25, 0.3) is 10.0 Å². The number of halogens is 6. The Bertz CT molecular complexity index is 1570. The number of benzene rings is 3. The first kappa shape index (κ1) is 35.5. The van der Waals surface area contributed by atoms with Gasteiger partial charge in [0.2, 0.25) is 11.8 Å². The van der Waals surface area contributed by atoms with E-state index in [1.54, 1.807) is 25.1 Å². The van der Waals surface area contributed by atoms with Gasteiger partial charge in [-0.3, -0.25) is 13.9 Å². The minimum atomic E-state index is -4.83. The zero-order chi connectivity index (χ0) is 32.7. The molecule has 0 saturated carbocycles.